The molecular formula is C18H17N3O3S. The van der Waals surface area contributed by atoms with Gasteiger partial charge in [-0.1, -0.05) is 6.07 Å². The number of hydrogen-bond donors (Lipinski definition) is 2. The molecule has 0 aliphatic carbocycles. The second-order valence-electron chi connectivity index (χ2n) is 5.55. The summed E-state index contributed by atoms with van der Waals surface area (Å²) in [5.41, 5.74) is 2.37. The molecular weight excluding hydrogens is 338 g/mol. The lowest BCUT2D eigenvalue weighted by Gasteiger charge is -2.09. The van der Waals surface area contributed by atoms with Crippen LogP contribution in [0.1, 0.15) is 10.4 Å². The number of anilines is 2. The fraction of sp³-hybridized carbons (Fsp3) is 0.0556. The van der Waals surface area contributed by atoms with E-state index in [1.807, 2.05) is 41.2 Å². The van der Waals surface area contributed by atoms with E-state index in [4.69, 9.17) is 0 Å². The highest BCUT2D eigenvalue weighted by Gasteiger charge is 2.08. The summed E-state index contributed by atoms with van der Waals surface area (Å²) in [6, 6.07) is 17.6. The summed E-state index contributed by atoms with van der Waals surface area (Å²) in [7, 11) is -3.37. The van der Waals surface area contributed by atoms with Crippen molar-refractivity contribution in [1.29, 1.82) is 0 Å². The van der Waals surface area contributed by atoms with Crippen LogP contribution in [-0.2, 0) is 10.0 Å². The van der Waals surface area contributed by atoms with Gasteiger partial charge in [0.2, 0.25) is 10.0 Å². The first kappa shape index (κ1) is 16.8. The molecule has 0 fully saturated rings. The number of sulfonamides is 1. The SMILES string of the molecule is CS(=O)(=O)Nc1cccc(NC(=O)c2ccc(-n3cccc3)cc2)c1. The Balaban J connectivity index is 1.73. The molecule has 6 nitrogen and oxygen atoms in total. The van der Waals surface area contributed by atoms with Crippen molar-refractivity contribution in [2.45, 2.75) is 0 Å². The summed E-state index contributed by atoms with van der Waals surface area (Å²) in [6.45, 7) is 0. The molecule has 3 aromatic rings. The molecule has 0 saturated carbocycles. The zero-order valence-electron chi connectivity index (χ0n) is 13.5. The van der Waals surface area contributed by atoms with E-state index in [-0.39, 0.29) is 5.91 Å². The maximum Gasteiger partial charge on any atom is 0.255 e. The highest BCUT2D eigenvalue weighted by atomic mass is 32.2. The Hall–Kier alpha value is -3.06. The molecule has 0 bridgehead atoms. The molecule has 0 unspecified atom stereocenters. The van der Waals surface area contributed by atoms with Gasteiger partial charge in [-0.05, 0) is 54.6 Å². The molecule has 128 valence electrons. The number of hydrogen-bond acceptors (Lipinski definition) is 3. The Morgan fingerprint density at radius 2 is 1.56 bits per heavy atom. The minimum absolute atomic E-state index is 0.268. The van der Waals surface area contributed by atoms with Gasteiger partial charge in [0.25, 0.3) is 5.91 Å². The molecule has 2 aromatic carbocycles. The van der Waals surface area contributed by atoms with E-state index in [0.717, 1.165) is 11.9 Å². The Bertz CT molecular complexity index is 979. The van der Waals surface area contributed by atoms with Crippen molar-refractivity contribution in [3.05, 3.63) is 78.6 Å². The minimum atomic E-state index is -3.37. The quantitative estimate of drug-likeness (QED) is 0.738. The van der Waals surface area contributed by atoms with E-state index in [1.54, 1.807) is 36.4 Å². The summed E-state index contributed by atoms with van der Waals surface area (Å²) in [4.78, 5) is 12.4. The molecule has 1 amide bonds. The molecule has 0 aliphatic rings. The van der Waals surface area contributed by atoms with Crippen molar-refractivity contribution in [3.63, 3.8) is 0 Å². The normalized spacial score (nSPS) is 11.1. The summed E-state index contributed by atoms with van der Waals surface area (Å²) in [5, 5.41) is 2.76. The van der Waals surface area contributed by atoms with Crippen molar-refractivity contribution < 1.29 is 13.2 Å². The Morgan fingerprint density at radius 1 is 0.920 bits per heavy atom. The molecule has 0 spiro atoms. The number of aromatic nitrogens is 1. The van der Waals surface area contributed by atoms with Crippen molar-refractivity contribution in [3.8, 4) is 5.69 Å². The van der Waals surface area contributed by atoms with E-state index < -0.39 is 10.0 Å². The molecule has 0 aliphatic heterocycles. The zero-order valence-corrected chi connectivity index (χ0v) is 14.3. The summed E-state index contributed by atoms with van der Waals surface area (Å²) >= 11 is 0. The Kier molecular flexibility index (Phi) is 4.58. The Morgan fingerprint density at radius 3 is 2.20 bits per heavy atom. The van der Waals surface area contributed by atoms with E-state index in [0.29, 0.717) is 16.9 Å². The lowest BCUT2D eigenvalue weighted by Crippen LogP contribution is -2.13. The molecule has 2 N–H and O–H groups in total. The van der Waals surface area contributed by atoms with Crippen LogP contribution in [0.15, 0.2) is 73.1 Å². The lowest BCUT2D eigenvalue weighted by molar-refractivity contribution is 0.102. The van der Waals surface area contributed by atoms with Gasteiger partial charge in [-0.3, -0.25) is 9.52 Å². The smallest absolute Gasteiger partial charge is 0.255 e. The fourth-order valence-electron chi connectivity index (χ4n) is 2.37. The minimum Gasteiger partial charge on any atom is -0.324 e. The van der Waals surface area contributed by atoms with Gasteiger partial charge in [-0.25, -0.2) is 8.42 Å². The lowest BCUT2D eigenvalue weighted by atomic mass is 10.2. The standard InChI is InChI=1S/C18H17N3O3S/c1-25(23,24)20-16-6-4-5-15(13-16)19-18(22)14-7-9-17(10-8-14)21-11-2-3-12-21/h2-13,20H,1H3,(H,19,22). The zero-order chi connectivity index (χ0) is 17.9. The van der Waals surface area contributed by atoms with Gasteiger partial charge < -0.3 is 9.88 Å². The summed E-state index contributed by atoms with van der Waals surface area (Å²) in [5.74, 6) is -0.268. The molecule has 1 aromatic heterocycles. The third kappa shape index (κ3) is 4.48. The number of nitrogens with one attached hydrogen (secondary N) is 2. The summed E-state index contributed by atoms with van der Waals surface area (Å²) < 4.78 is 26.9. The van der Waals surface area contributed by atoms with E-state index in [1.165, 1.54) is 0 Å². The predicted molar refractivity (Wildman–Crippen MR) is 98.6 cm³/mol. The number of carbonyl (C=O) groups is 1. The van der Waals surface area contributed by atoms with Crippen LogP contribution in [0.4, 0.5) is 11.4 Å². The van der Waals surface area contributed by atoms with Gasteiger partial charge in [0.15, 0.2) is 0 Å². The number of nitrogens with zero attached hydrogens (tertiary/aromatic N) is 1. The second-order valence-corrected chi connectivity index (χ2v) is 7.29. The third-order valence-corrected chi connectivity index (χ3v) is 4.06. The van der Waals surface area contributed by atoms with Crippen LogP contribution in [0, 0.1) is 0 Å². The predicted octanol–water partition coefficient (Wildman–Crippen LogP) is 3.10. The van der Waals surface area contributed by atoms with Crippen molar-refractivity contribution in [2.24, 2.45) is 0 Å². The molecule has 7 heteroatoms. The van der Waals surface area contributed by atoms with Gasteiger partial charge in [0.05, 0.1) is 11.9 Å². The van der Waals surface area contributed by atoms with Gasteiger partial charge in [-0.15, -0.1) is 0 Å². The van der Waals surface area contributed by atoms with Crippen LogP contribution in [0.3, 0.4) is 0 Å². The molecule has 0 atom stereocenters. The first-order chi connectivity index (χ1) is 11.9. The number of rotatable bonds is 5. The first-order valence-electron chi connectivity index (χ1n) is 7.53. The number of benzene rings is 2. The van der Waals surface area contributed by atoms with Crippen molar-refractivity contribution in [2.75, 3.05) is 16.3 Å². The van der Waals surface area contributed by atoms with E-state index in [9.17, 15) is 13.2 Å². The van der Waals surface area contributed by atoms with Gasteiger partial charge in [-0.2, -0.15) is 0 Å². The van der Waals surface area contributed by atoms with Crippen LogP contribution < -0.4 is 10.0 Å². The van der Waals surface area contributed by atoms with E-state index in [2.05, 4.69) is 10.0 Å². The fourth-order valence-corrected chi connectivity index (χ4v) is 2.92. The topological polar surface area (TPSA) is 80.2 Å². The van der Waals surface area contributed by atoms with Crippen LogP contribution in [0.25, 0.3) is 5.69 Å². The molecule has 1 heterocycles. The highest BCUT2D eigenvalue weighted by molar-refractivity contribution is 7.92. The molecule has 3 rings (SSSR count). The molecule has 0 radical (unpaired) electrons. The molecule has 25 heavy (non-hydrogen) atoms. The third-order valence-electron chi connectivity index (χ3n) is 3.46. The number of carbonyl (C=O) groups excluding carboxylic acids is 1. The van der Waals surface area contributed by atoms with E-state index >= 15 is 0 Å². The molecule has 0 saturated heterocycles. The van der Waals surface area contributed by atoms with Gasteiger partial charge in [0.1, 0.15) is 0 Å². The van der Waals surface area contributed by atoms with Crippen LogP contribution in [-0.4, -0.2) is 25.1 Å². The van der Waals surface area contributed by atoms with Crippen molar-refractivity contribution in [1.82, 2.24) is 4.57 Å². The largest absolute Gasteiger partial charge is 0.324 e. The second kappa shape index (κ2) is 6.82. The highest BCUT2D eigenvalue weighted by Crippen LogP contribution is 2.17. The average Bonchev–Trinajstić information content (AvgIpc) is 3.08. The summed E-state index contributed by atoms with van der Waals surface area (Å²) in [6.07, 6.45) is 4.93. The van der Waals surface area contributed by atoms with Crippen LogP contribution >= 0.6 is 0 Å². The number of amides is 1. The first-order valence-corrected chi connectivity index (χ1v) is 9.42. The van der Waals surface area contributed by atoms with Crippen molar-refractivity contribution >= 4 is 27.3 Å². The van der Waals surface area contributed by atoms with Crippen LogP contribution in [0.5, 0.6) is 0 Å². The maximum atomic E-state index is 12.4. The average molecular weight is 355 g/mol. The monoisotopic (exact) mass is 355 g/mol. The maximum absolute atomic E-state index is 12.4. The van der Waals surface area contributed by atoms with Gasteiger partial charge in [0, 0.05) is 29.3 Å². The van der Waals surface area contributed by atoms with Gasteiger partial charge >= 0.3 is 0 Å². The Labute approximate surface area is 146 Å². The van der Waals surface area contributed by atoms with Crippen LogP contribution in [0.2, 0.25) is 0 Å².